The topological polar surface area (TPSA) is 101 Å². The second kappa shape index (κ2) is 11.1. The summed E-state index contributed by atoms with van der Waals surface area (Å²) in [5.74, 6) is 2.42. The van der Waals surface area contributed by atoms with Crippen molar-refractivity contribution < 1.29 is 14.3 Å². The summed E-state index contributed by atoms with van der Waals surface area (Å²) in [7, 11) is 0. The molecule has 0 amide bonds. The number of nitrogens with zero attached hydrogens (tertiary/aromatic N) is 3. The van der Waals surface area contributed by atoms with Crippen LogP contribution in [0, 0.1) is 23.7 Å². The summed E-state index contributed by atoms with van der Waals surface area (Å²) in [5.41, 5.74) is 0.399. The number of phenolic OH excluding ortho intramolecular Hbond substituents is 1. The molecule has 0 saturated heterocycles. The van der Waals surface area contributed by atoms with Gasteiger partial charge in [-0.3, -0.25) is 0 Å². The summed E-state index contributed by atoms with van der Waals surface area (Å²) >= 11 is 18.4. The lowest BCUT2D eigenvalue weighted by molar-refractivity contribution is 0.370. The molecule has 0 atom stereocenters. The Morgan fingerprint density at radius 3 is 2.30 bits per heavy atom. The molecule has 1 heterocycles. The van der Waals surface area contributed by atoms with Gasteiger partial charge in [0.15, 0.2) is 0 Å². The van der Waals surface area contributed by atoms with Crippen molar-refractivity contribution in [1.82, 2.24) is 9.78 Å². The SMILES string of the molecule is C#CCOc1cc(-n2nc(C(C)(C)C)oc2=O)c(Cl)cc1Cl.N#Cc1cc(Br)c(O)c(Br)c1. The van der Waals surface area contributed by atoms with Crippen LogP contribution in [0.1, 0.15) is 32.2 Å². The fraction of sp³-hybridized carbons (Fsp3) is 0.227. The first-order valence-electron chi connectivity index (χ1n) is 9.13. The normalized spacial score (nSPS) is 10.6. The number of aromatic nitrogens is 2. The summed E-state index contributed by atoms with van der Waals surface area (Å²) in [5, 5.41) is 22.4. The zero-order valence-corrected chi connectivity index (χ0v) is 22.3. The average Bonchev–Trinajstić information content (AvgIpc) is 3.13. The Balaban J connectivity index is 0.000000294. The maximum atomic E-state index is 12.0. The number of rotatable bonds is 3. The molecule has 2 aromatic carbocycles. The molecule has 0 aliphatic rings. The third-order valence-corrected chi connectivity index (χ3v) is 5.68. The van der Waals surface area contributed by atoms with E-state index in [0.29, 0.717) is 31.8 Å². The van der Waals surface area contributed by atoms with Crippen LogP contribution in [-0.4, -0.2) is 21.5 Å². The fourth-order valence-electron chi connectivity index (χ4n) is 2.27. The van der Waals surface area contributed by atoms with E-state index in [0.717, 1.165) is 4.68 Å². The van der Waals surface area contributed by atoms with E-state index in [-0.39, 0.29) is 22.4 Å². The average molecular weight is 618 g/mol. The van der Waals surface area contributed by atoms with E-state index in [2.05, 4.69) is 42.9 Å². The molecule has 0 unspecified atom stereocenters. The van der Waals surface area contributed by atoms with E-state index in [4.69, 9.17) is 44.0 Å². The van der Waals surface area contributed by atoms with Crippen molar-refractivity contribution >= 4 is 55.1 Å². The highest BCUT2D eigenvalue weighted by molar-refractivity contribution is 9.11. The van der Waals surface area contributed by atoms with Crippen molar-refractivity contribution in [2.75, 3.05) is 6.61 Å². The lowest BCUT2D eigenvalue weighted by atomic mass is 9.97. The molecule has 11 heteroatoms. The van der Waals surface area contributed by atoms with Gasteiger partial charge in [0.05, 0.1) is 36.3 Å². The van der Waals surface area contributed by atoms with Gasteiger partial charge in [-0.25, -0.2) is 4.79 Å². The summed E-state index contributed by atoms with van der Waals surface area (Å²) < 4.78 is 12.6. The largest absolute Gasteiger partial charge is 0.506 e. The number of ether oxygens (including phenoxy) is 1. The van der Waals surface area contributed by atoms with Gasteiger partial charge in [-0.15, -0.1) is 11.5 Å². The summed E-state index contributed by atoms with van der Waals surface area (Å²) in [4.78, 5) is 12.0. The van der Waals surface area contributed by atoms with Gasteiger partial charge < -0.3 is 14.3 Å². The second-order valence-corrected chi connectivity index (χ2v) is 9.99. The number of nitriles is 1. The molecule has 33 heavy (non-hydrogen) atoms. The van der Waals surface area contributed by atoms with E-state index < -0.39 is 11.2 Å². The molecule has 1 aromatic heterocycles. The van der Waals surface area contributed by atoms with Crippen LogP contribution in [0.4, 0.5) is 0 Å². The lowest BCUT2D eigenvalue weighted by Crippen LogP contribution is -2.15. The van der Waals surface area contributed by atoms with Gasteiger partial charge in [0.25, 0.3) is 0 Å². The monoisotopic (exact) mass is 615 g/mol. The van der Waals surface area contributed by atoms with Crippen molar-refractivity contribution in [2.45, 2.75) is 26.2 Å². The van der Waals surface area contributed by atoms with Crippen LogP contribution in [0.5, 0.6) is 11.5 Å². The quantitative estimate of drug-likeness (QED) is 0.350. The van der Waals surface area contributed by atoms with E-state index in [9.17, 15) is 9.90 Å². The Bertz CT molecular complexity index is 1290. The van der Waals surface area contributed by atoms with Gasteiger partial charge >= 0.3 is 5.76 Å². The van der Waals surface area contributed by atoms with Crippen LogP contribution in [-0.2, 0) is 5.41 Å². The zero-order chi connectivity index (χ0) is 24.9. The van der Waals surface area contributed by atoms with E-state index in [1.165, 1.54) is 12.1 Å². The number of phenols is 1. The third-order valence-electron chi connectivity index (χ3n) is 3.88. The minimum absolute atomic E-state index is 0.0434. The van der Waals surface area contributed by atoms with Gasteiger partial charge in [0, 0.05) is 11.5 Å². The molecule has 0 aliphatic carbocycles. The standard InChI is InChI=1S/C15H14Cl2N2O3.C7H3Br2NO/c1-5-6-21-12-8-11(9(16)7-10(12)17)19-14(20)22-13(18-19)15(2,3)4;8-5-1-4(3-10)2-6(9)7(5)11/h1,7-8H,6H2,2-4H3;1-2,11H. The molecule has 3 rings (SSSR count). The molecular formula is C22H17Br2Cl2N3O4. The van der Waals surface area contributed by atoms with E-state index >= 15 is 0 Å². The summed E-state index contributed by atoms with van der Waals surface area (Å²) in [6.45, 7) is 5.69. The van der Waals surface area contributed by atoms with Crippen molar-refractivity contribution in [3.8, 4) is 35.6 Å². The number of hydrogen-bond acceptors (Lipinski definition) is 6. The van der Waals surface area contributed by atoms with Gasteiger partial charge in [-0.2, -0.15) is 9.94 Å². The number of halogens is 4. The van der Waals surface area contributed by atoms with Crippen molar-refractivity contribution in [2.24, 2.45) is 0 Å². The molecule has 0 radical (unpaired) electrons. The Hall–Kier alpha value is -2.43. The molecule has 0 bridgehead atoms. The number of hydrogen-bond donors (Lipinski definition) is 1. The predicted octanol–water partition coefficient (Wildman–Crippen LogP) is 6.23. The first kappa shape index (κ1) is 26.8. The molecule has 0 fully saturated rings. The molecule has 1 N–H and O–H groups in total. The minimum Gasteiger partial charge on any atom is -0.506 e. The third kappa shape index (κ3) is 6.78. The molecule has 7 nitrogen and oxygen atoms in total. The first-order chi connectivity index (χ1) is 15.4. The summed E-state index contributed by atoms with van der Waals surface area (Å²) in [6.07, 6.45) is 5.15. The van der Waals surface area contributed by atoms with Crippen molar-refractivity contribution in [3.05, 3.63) is 65.3 Å². The maximum absolute atomic E-state index is 12.0. The summed E-state index contributed by atoms with van der Waals surface area (Å²) in [6, 6.07) is 8.03. The molecule has 0 spiro atoms. The molecule has 172 valence electrons. The zero-order valence-electron chi connectivity index (χ0n) is 17.6. The Labute approximate surface area is 217 Å². The van der Waals surface area contributed by atoms with Gasteiger partial charge in [-0.05, 0) is 50.1 Å². The Morgan fingerprint density at radius 1 is 1.21 bits per heavy atom. The van der Waals surface area contributed by atoms with Crippen LogP contribution in [0.3, 0.4) is 0 Å². The lowest BCUT2D eigenvalue weighted by Gasteiger charge is -2.11. The molecular weight excluding hydrogens is 601 g/mol. The molecule has 0 saturated carbocycles. The van der Waals surface area contributed by atoms with E-state index in [1.54, 1.807) is 12.1 Å². The number of aromatic hydroxyl groups is 1. The van der Waals surface area contributed by atoms with Crippen molar-refractivity contribution in [3.63, 3.8) is 0 Å². The minimum atomic E-state index is -0.642. The second-order valence-electron chi connectivity index (χ2n) is 7.46. The van der Waals surface area contributed by atoms with Crippen LogP contribution in [0.2, 0.25) is 10.0 Å². The smallest absolute Gasteiger partial charge is 0.442 e. The van der Waals surface area contributed by atoms with E-state index in [1.807, 2.05) is 26.8 Å². The van der Waals surface area contributed by atoms with Crippen LogP contribution >= 0.6 is 55.1 Å². The van der Waals surface area contributed by atoms with Crippen molar-refractivity contribution in [1.29, 1.82) is 5.26 Å². The fourth-order valence-corrected chi connectivity index (χ4v) is 3.98. The highest BCUT2D eigenvalue weighted by Gasteiger charge is 2.24. The van der Waals surface area contributed by atoms with Crippen LogP contribution in [0.15, 0.2) is 42.4 Å². The Kier molecular flexibility index (Phi) is 9.04. The molecule has 3 aromatic rings. The Morgan fingerprint density at radius 2 is 1.82 bits per heavy atom. The predicted molar refractivity (Wildman–Crippen MR) is 133 cm³/mol. The highest BCUT2D eigenvalue weighted by Crippen LogP contribution is 2.34. The van der Waals surface area contributed by atoms with Gasteiger partial charge in [0.2, 0.25) is 5.89 Å². The maximum Gasteiger partial charge on any atom is 0.442 e. The molecule has 0 aliphatic heterocycles. The first-order valence-corrected chi connectivity index (χ1v) is 11.5. The van der Waals surface area contributed by atoms with Gasteiger partial charge in [-0.1, -0.05) is 49.9 Å². The highest BCUT2D eigenvalue weighted by atomic mass is 79.9. The number of benzene rings is 2. The van der Waals surface area contributed by atoms with Crippen LogP contribution in [0.25, 0.3) is 5.69 Å². The number of terminal acetylenes is 1. The van der Waals surface area contributed by atoms with Crippen LogP contribution < -0.4 is 10.5 Å². The van der Waals surface area contributed by atoms with Gasteiger partial charge in [0.1, 0.15) is 18.1 Å².